The van der Waals surface area contributed by atoms with Crippen molar-refractivity contribution in [2.75, 3.05) is 11.9 Å². The second kappa shape index (κ2) is 10.7. The summed E-state index contributed by atoms with van der Waals surface area (Å²) in [5.74, 6) is -2.27. The van der Waals surface area contributed by atoms with E-state index in [1.807, 2.05) is 20.8 Å². The molecule has 1 atom stereocenters. The Morgan fingerprint density at radius 2 is 1.64 bits per heavy atom. The van der Waals surface area contributed by atoms with Crippen molar-refractivity contribution < 1.29 is 24.6 Å². The number of thiophene rings is 1. The van der Waals surface area contributed by atoms with E-state index >= 15 is 0 Å². The maximum Gasteiger partial charge on any atom is 0.336 e. The van der Waals surface area contributed by atoms with E-state index < -0.39 is 29.2 Å². The van der Waals surface area contributed by atoms with Gasteiger partial charge in [-0.3, -0.25) is 15.0 Å². The van der Waals surface area contributed by atoms with Gasteiger partial charge in [-0.05, 0) is 53.3 Å². The molecule has 7 N–H and O–H groups in total. The Hall–Kier alpha value is -4.02. The van der Waals surface area contributed by atoms with Gasteiger partial charge in [-0.2, -0.15) is 0 Å². The molecular weight excluding hydrogens is 480 g/mol. The van der Waals surface area contributed by atoms with E-state index in [-0.39, 0.29) is 29.1 Å². The minimum atomic E-state index is -1.24. The molecule has 3 aromatic rings. The smallest absolute Gasteiger partial charge is 0.336 e. The zero-order chi connectivity index (χ0) is 26.6. The van der Waals surface area contributed by atoms with Gasteiger partial charge >= 0.3 is 5.97 Å². The second-order valence-corrected chi connectivity index (χ2v) is 10.2. The first kappa shape index (κ1) is 26.6. The van der Waals surface area contributed by atoms with Crippen LogP contribution in [0.1, 0.15) is 57.4 Å². The molecule has 2 amide bonds. The van der Waals surface area contributed by atoms with E-state index in [1.165, 1.54) is 29.5 Å². The molecule has 10 heteroatoms. The highest BCUT2D eigenvalue weighted by atomic mass is 32.1. The van der Waals surface area contributed by atoms with Crippen molar-refractivity contribution in [3.63, 3.8) is 0 Å². The second-order valence-electron chi connectivity index (χ2n) is 9.25. The molecular formula is C26H28N4O5S. The van der Waals surface area contributed by atoms with Gasteiger partial charge < -0.3 is 26.6 Å². The third-order valence-corrected chi connectivity index (χ3v) is 6.60. The lowest BCUT2D eigenvalue weighted by Crippen LogP contribution is -2.46. The number of aliphatic hydroxyl groups excluding tert-OH is 1. The molecule has 188 valence electrons. The summed E-state index contributed by atoms with van der Waals surface area (Å²) in [7, 11) is 0. The summed E-state index contributed by atoms with van der Waals surface area (Å²) in [6, 6.07) is 11.8. The van der Waals surface area contributed by atoms with Gasteiger partial charge in [0, 0.05) is 27.3 Å². The molecule has 0 saturated carbocycles. The lowest BCUT2D eigenvalue weighted by molar-refractivity contribution is 0.0697. The van der Waals surface area contributed by atoms with E-state index in [9.17, 15) is 24.6 Å². The van der Waals surface area contributed by atoms with E-state index in [4.69, 9.17) is 11.1 Å². The van der Waals surface area contributed by atoms with Gasteiger partial charge in [0.15, 0.2) is 0 Å². The number of carboxylic acid groups (broad SMARTS) is 1. The molecule has 0 fully saturated rings. The number of carbonyl (C=O) groups excluding carboxylic acids is 2. The SMILES string of the molecule is CC(C)(C)C(CO)NC(=O)c1ccc(-c2sccc2C(=O)Nc2ccc(C(=N)N)cc2)c(C(=O)O)c1. The molecule has 9 nitrogen and oxygen atoms in total. The first-order valence-corrected chi connectivity index (χ1v) is 11.9. The fourth-order valence-electron chi connectivity index (χ4n) is 3.47. The van der Waals surface area contributed by atoms with Crippen LogP contribution in [-0.4, -0.2) is 46.5 Å². The average Bonchev–Trinajstić information content (AvgIpc) is 3.31. The summed E-state index contributed by atoms with van der Waals surface area (Å²) in [6.07, 6.45) is 0. The summed E-state index contributed by atoms with van der Waals surface area (Å²) in [4.78, 5) is 38.3. The molecule has 0 saturated heterocycles. The molecule has 36 heavy (non-hydrogen) atoms. The Balaban J connectivity index is 1.90. The summed E-state index contributed by atoms with van der Waals surface area (Å²) >= 11 is 1.21. The van der Waals surface area contributed by atoms with Crippen LogP contribution in [0.5, 0.6) is 0 Å². The summed E-state index contributed by atoms with van der Waals surface area (Å²) in [5, 5.41) is 34.2. The van der Waals surface area contributed by atoms with Crippen molar-refractivity contribution in [1.82, 2.24) is 5.32 Å². The topological polar surface area (TPSA) is 166 Å². The number of carbonyl (C=O) groups is 3. The highest BCUT2D eigenvalue weighted by molar-refractivity contribution is 7.14. The number of rotatable bonds is 8. The van der Waals surface area contributed by atoms with Gasteiger partial charge in [-0.25, -0.2) is 4.79 Å². The normalized spacial score (nSPS) is 12.0. The van der Waals surface area contributed by atoms with E-state index in [1.54, 1.807) is 35.7 Å². The summed E-state index contributed by atoms with van der Waals surface area (Å²) in [6.45, 7) is 5.37. The Labute approximate surface area is 212 Å². The molecule has 0 bridgehead atoms. The van der Waals surface area contributed by atoms with Gasteiger partial charge in [0.25, 0.3) is 11.8 Å². The monoisotopic (exact) mass is 508 g/mol. The fraction of sp³-hybridized carbons (Fsp3) is 0.231. The van der Waals surface area contributed by atoms with Gasteiger partial charge in [0.2, 0.25) is 0 Å². The van der Waals surface area contributed by atoms with Crippen LogP contribution in [-0.2, 0) is 0 Å². The van der Waals surface area contributed by atoms with Gasteiger partial charge in [0.05, 0.1) is 23.8 Å². The first-order chi connectivity index (χ1) is 16.9. The van der Waals surface area contributed by atoms with Crippen molar-refractivity contribution in [2.45, 2.75) is 26.8 Å². The Bertz CT molecular complexity index is 1310. The summed E-state index contributed by atoms with van der Waals surface area (Å²) in [5.41, 5.74) is 6.67. The lowest BCUT2D eigenvalue weighted by Gasteiger charge is -2.29. The predicted octanol–water partition coefficient (Wildman–Crippen LogP) is 3.79. The maximum atomic E-state index is 13.0. The molecule has 3 rings (SSSR count). The lowest BCUT2D eigenvalue weighted by atomic mass is 9.87. The first-order valence-electron chi connectivity index (χ1n) is 11.0. The van der Waals surface area contributed by atoms with Crippen LogP contribution < -0.4 is 16.4 Å². The predicted molar refractivity (Wildman–Crippen MR) is 140 cm³/mol. The van der Waals surface area contributed by atoms with Gasteiger partial charge in [-0.1, -0.05) is 26.8 Å². The molecule has 2 aromatic carbocycles. The van der Waals surface area contributed by atoms with Crippen molar-refractivity contribution in [3.8, 4) is 10.4 Å². The zero-order valence-electron chi connectivity index (χ0n) is 20.1. The quantitative estimate of drug-likeness (QED) is 0.200. The van der Waals surface area contributed by atoms with Crippen LogP contribution in [0.15, 0.2) is 53.9 Å². The van der Waals surface area contributed by atoms with Crippen molar-refractivity contribution >= 4 is 40.6 Å². The Morgan fingerprint density at radius 3 is 2.19 bits per heavy atom. The van der Waals surface area contributed by atoms with E-state index in [2.05, 4.69) is 10.6 Å². The highest BCUT2D eigenvalue weighted by Crippen LogP contribution is 2.34. The number of amides is 2. The number of amidine groups is 1. The van der Waals surface area contributed by atoms with Crippen LogP contribution in [0, 0.1) is 10.8 Å². The molecule has 0 spiro atoms. The number of carboxylic acids is 1. The Kier molecular flexibility index (Phi) is 7.91. The number of hydrogen-bond acceptors (Lipinski definition) is 6. The van der Waals surface area contributed by atoms with Crippen molar-refractivity contribution in [2.24, 2.45) is 11.1 Å². The van der Waals surface area contributed by atoms with E-state index in [0.717, 1.165) is 0 Å². The molecule has 0 radical (unpaired) electrons. The van der Waals surface area contributed by atoms with Crippen molar-refractivity contribution in [1.29, 1.82) is 5.41 Å². The number of aromatic carboxylic acids is 1. The molecule has 1 unspecified atom stereocenters. The molecule has 1 aromatic heterocycles. The highest BCUT2D eigenvalue weighted by Gasteiger charge is 2.27. The van der Waals surface area contributed by atoms with Crippen LogP contribution in [0.2, 0.25) is 0 Å². The minimum Gasteiger partial charge on any atom is -0.478 e. The number of benzene rings is 2. The molecule has 0 aliphatic rings. The molecule has 1 heterocycles. The van der Waals surface area contributed by atoms with Crippen LogP contribution in [0.3, 0.4) is 0 Å². The largest absolute Gasteiger partial charge is 0.478 e. The Morgan fingerprint density at radius 1 is 1.00 bits per heavy atom. The number of nitrogens with two attached hydrogens (primary N) is 1. The zero-order valence-corrected chi connectivity index (χ0v) is 20.9. The van der Waals surface area contributed by atoms with Crippen LogP contribution in [0.4, 0.5) is 5.69 Å². The minimum absolute atomic E-state index is 0.0865. The number of hydrogen-bond donors (Lipinski definition) is 6. The fourth-order valence-corrected chi connectivity index (χ4v) is 4.40. The third kappa shape index (κ3) is 5.96. The third-order valence-electron chi connectivity index (χ3n) is 5.65. The van der Waals surface area contributed by atoms with Gasteiger partial charge in [-0.15, -0.1) is 11.3 Å². The number of nitrogen functional groups attached to an aromatic ring is 1. The standard InChI is InChI=1S/C26H28N4O5S/c1-26(2,3)20(13-31)30-23(32)15-6-9-17(19(12-15)25(34)35)21-18(10-11-36-21)24(33)29-16-7-4-14(5-8-16)22(27)28/h4-12,20,31H,13H2,1-3H3,(H3,27,28)(H,29,33)(H,30,32)(H,34,35). The van der Waals surface area contributed by atoms with Gasteiger partial charge in [0.1, 0.15) is 5.84 Å². The average molecular weight is 509 g/mol. The van der Waals surface area contributed by atoms with Crippen LogP contribution in [0.25, 0.3) is 10.4 Å². The molecule has 0 aliphatic heterocycles. The summed E-state index contributed by atoms with van der Waals surface area (Å²) < 4.78 is 0. The number of anilines is 1. The van der Waals surface area contributed by atoms with Crippen LogP contribution >= 0.6 is 11.3 Å². The number of nitrogens with one attached hydrogen (secondary N) is 3. The molecule has 0 aliphatic carbocycles. The van der Waals surface area contributed by atoms with E-state index in [0.29, 0.717) is 21.7 Å². The number of aliphatic hydroxyl groups is 1. The van der Waals surface area contributed by atoms with Crippen molar-refractivity contribution in [3.05, 3.63) is 76.2 Å². The maximum absolute atomic E-state index is 13.0.